The van der Waals surface area contributed by atoms with E-state index >= 15 is 0 Å². The summed E-state index contributed by atoms with van der Waals surface area (Å²) in [7, 11) is 0. The highest BCUT2D eigenvalue weighted by atomic mass is 19.1. The molecule has 6 heteroatoms. The summed E-state index contributed by atoms with van der Waals surface area (Å²) in [5, 5.41) is 4.97. The highest BCUT2D eigenvalue weighted by Gasteiger charge is 2.04. The minimum absolute atomic E-state index is 0.157. The molecule has 0 atom stereocenters. The van der Waals surface area contributed by atoms with Crippen molar-refractivity contribution in [2.24, 2.45) is 0 Å². The summed E-state index contributed by atoms with van der Waals surface area (Å²) in [5.41, 5.74) is 0.923. The zero-order valence-electron chi connectivity index (χ0n) is 10.7. The van der Waals surface area contributed by atoms with Crippen LogP contribution in [0.4, 0.5) is 9.18 Å². The van der Waals surface area contributed by atoms with Gasteiger partial charge in [0.2, 0.25) is 0 Å². The van der Waals surface area contributed by atoms with Crippen molar-refractivity contribution >= 4 is 12.0 Å². The molecule has 0 aromatic heterocycles. The number of esters is 1. The van der Waals surface area contributed by atoms with Crippen molar-refractivity contribution < 1.29 is 18.7 Å². The Labute approximate surface area is 111 Å². The monoisotopic (exact) mass is 268 g/mol. The standard InChI is InChI=1S/C13H17FN2O3/c1-2-19-12(17)9-16-13(18)15-8-7-10-3-5-11(14)6-4-10/h3-6H,2,7-9H2,1H3,(H2,15,16,18). The maximum Gasteiger partial charge on any atom is 0.325 e. The summed E-state index contributed by atoms with van der Waals surface area (Å²) in [4.78, 5) is 22.3. The molecule has 1 aromatic rings. The summed E-state index contributed by atoms with van der Waals surface area (Å²) in [6.45, 7) is 2.23. The number of nitrogens with one attached hydrogen (secondary N) is 2. The molecule has 1 aromatic carbocycles. The Hall–Kier alpha value is -2.11. The largest absolute Gasteiger partial charge is 0.465 e. The summed E-state index contributed by atoms with van der Waals surface area (Å²) in [6.07, 6.45) is 0.590. The minimum atomic E-state index is -0.476. The first kappa shape index (κ1) is 14.9. The number of carbonyl (C=O) groups excluding carboxylic acids is 2. The molecule has 0 bridgehead atoms. The van der Waals surface area contributed by atoms with Crippen molar-refractivity contribution in [2.45, 2.75) is 13.3 Å². The van der Waals surface area contributed by atoms with Crippen molar-refractivity contribution in [3.63, 3.8) is 0 Å². The van der Waals surface area contributed by atoms with Crippen molar-refractivity contribution in [3.05, 3.63) is 35.6 Å². The third-order valence-corrected chi connectivity index (χ3v) is 2.31. The molecule has 104 valence electrons. The van der Waals surface area contributed by atoms with Gasteiger partial charge in [0.1, 0.15) is 12.4 Å². The van der Waals surface area contributed by atoms with Crippen LogP contribution in [-0.2, 0) is 16.0 Å². The molecule has 0 radical (unpaired) electrons. The maximum absolute atomic E-state index is 12.7. The van der Waals surface area contributed by atoms with Crippen LogP contribution in [0.1, 0.15) is 12.5 Å². The number of ether oxygens (including phenoxy) is 1. The van der Waals surface area contributed by atoms with Crippen LogP contribution in [0.15, 0.2) is 24.3 Å². The fourth-order valence-electron chi connectivity index (χ4n) is 1.40. The molecule has 2 N–H and O–H groups in total. The molecule has 0 aliphatic heterocycles. The van der Waals surface area contributed by atoms with E-state index in [0.717, 1.165) is 5.56 Å². The van der Waals surface area contributed by atoms with Crippen molar-refractivity contribution in [1.82, 2.24) is 10.6 Å². The third kappa shape index (κ3) is 6.40. The highest BCUT2D eigenvalue weighted by Crippen LogP contribution is 2.02. The molecule has 0 aliphatic rings. The van der Waals surface area contributed by atoms with Crippen molar-refractivity contribution in [2.75, 3.05) is 19.7 Å². The van der Waals surface area contributed by atoms with E-state index in [9.17, 15) is 14.0 Å². The van der Waals surface area contributed by atoms with Gasteiger partial charge in [-0.1, -0.05) is 12.1 Å². The highest BCUT2D eigenvalue weighted by molar-refractivity contribution is 5.80. The predicted molar refractivity (Wildman–Crippen MR) is 68.1 cm³/mol. The van der Waals surface area contributed by atoms with Crippen LogP contribution in [0, 0.1) is 5.82 Å². The van der Waals surface area contributed by atoms with E-state index in [1.54, 1.807) is 19.1 Å². The average molecular weight is 268 g/mol. The SMILES string of the molecule is CCOC(=O)CNC(=O)NCCc1ccc(F)cc1. The molecule has 0 saturated carbocycles. The number of halogens is 1. The molecular formula is C13H17FN2O3. The van der Waals surface area contributed by atoms with Gasteiger partial charge in [-0.2, -0.15) is 0 Å². The van der Waals surface area contributed by atoms with Gasteiger partial charge >= 0.3 is 12.0 Å². The molecule has 2 amide bonds. The van der Waals surface area contributed by atoms with E-state index in [2.05, 4.69) is 15.4 Å². The summed E-state index contributed by atoms with van der Waals surface area (Å²) in [5.74, 6) is -0.764. The number of urea groups is 1. The van der Waals surface area contributed by atoms with E-state index in [1.807, 2.05) is 0 Å². The second-order valence-corrected chi connectivity index (χ2v) is 3.79. The lowest BCUT2D eigenvalue weighted by molar-refractivity contribution is -0.141. The summed E-state index contributed by atoms with van der Waals surface area (Å²) >= 11 is 0. The van der Waals surface area contributed by atoms with E-state index in [0.29, 0.717) is 13.0 Å². The van der Waals surface area contributed by atoms with E-state index in [-0.39, 0.29) is 19.0 Å². The van der Waals surface area contributed by atoms with Gasteiger partial charge in [-0.25, -0.2) is 9.18 Å². The molecule has 5 nitrogen and oxygen atoms in total. The van der Waals surface area contributed by atoms with Crippen LogP contribution >= 0.6 is 0 Å². The van der Waals surface area contributed by atoms with Crippen LogP contribution < -0.4 is 10.6 Å². The van der Waals surface area contributed by atoms with Gasteiger partial charge < -0.3 is 15.4 Å². The van der Waals surface area contributed by atoms with E-state index in [4.69, 9.17) is 0 Å². The van der Waals surface area contributed by atoms with Crippen LogP contribution in [0.5, 0.6) is 0 Å². The number of hydrogen-bond donors (Lipinski definition) is 2. The van der Waals surface area contributed by atoms with Crippen LogP contribution in [0.25, 0.3) is 0 Å². The summed E-state index contributed by atoms with van der Waals surface area (Å²) < 4.78 is 17.3. The average Bonchev–Trinajstić information content (AvgIpc) is 2.39. The zero-order chi connectivity index (χ0) is 14.1. The lowest BCUT2D eigenvalue weighted by Gasteiger charge is -2.07. The first-order valence-electron chi connectivity index (χ1n) is 6.03. The van der Waals surface area contributed by atoms with Gasteiger partial charge in [-0.05, 0) is 31.0 Å². The summed E-state index contributed by atoms with van der Waals surface area (Å²) in [6, 6.07) is 5.63. The smallest absolute Gasteiger partial charge is 0.325 e. The maximum atomic E-state index is 12.7. The topological polar surface area (TPSA) is 67.4 Å². The lowest BCUT2D eigenvalue weighted by atomic mass is 10.1. The number of carbonyl (C=O) groups is 2. The Morgan fingerprint density at radius 2 is 1.89 bits per heavy atom. The fraction of sp³-hybridized carbons (Fsp3) is 0.385. The van der Waals surface area contributed by atoms with E-state index < -0.39 is 12.0 Å². The number of hydrogen-bond acceptors (Lipinski definition) is 3. The van der Waals surface area contributed by atoms with Crippen LogP contribution in [0.2, 0.25) is 0 Å². The second-order valence-electron chi connectivity index (χ2n) is 3.79. The van der Waals surface area contributed by atoms with Gasteiger partial charge in [0.15, 0.2) is 0 Å². The molecule has 0 saturated heterocycles. The van der Waals surface area contributed by atoms with Crippen molar-refractivity contribution in [3.8, 4) is 0 Å². The van der Waals surface area contributed by atoms with Gasteiger partial charge in [0.05, 0.1) is 6.61 Å². The number of benzene rings is 1. The molecule has 0 aliphatic carbocycles. The van der Waals surface area contributed by atoms with Crippen LogP contribution in [0.3, 0.4) is 0 Å². The third-order valence-electron chi connectivity index (χ3n) is 2.31. The molecule has 0 unspecified atom stereocenters. The van der Waals surface area contributed by atoms with Gasteiger partial charge in [0, 0.05) is 6.54 Å². The Kier molecular flexibility index (Phi) is 6.35. The fourth-order valence-corrected chi connectivity index (χ4v) is 1.40. The van der Waals surface area contributed by atoms with E-state index in [1.165, 1.54) is 12.1 Å². The Bertz CT molecular complexity index is 420. The molecular weight excluding hydrogens is 251 g/mol. The Balaban J connectivity index is 2.16. The second kappa shape index (κ2) is 8.07. The first-order chi connectivity index (χ1) is 9.11. The molecule has 0 fully saturated rings. The quantitative estimate of drug-likeness (QED) is 0.763. The first-order valence-corrected chi connectivity index (χ1v) is 6.03. The minimum Gasteiger partial charge on any atom is -0.465 e. The van der Waals surface area contributed by atoms with Gasteiger partial charge in [-0.3, -0.25) is 4.79 Å². The predicted octanol–water partition coefficient (Wildman–Crippen LogP) is 1.23. The van der Waals surface area contributed by atoms with Crippen molar-refractivity contribution in [1.29, 1.82) is 0 Å². The zero-order valence-corrected chi connectivity index (χ0v) is 10.7. The lowest BCUT2D eigenvalue weighted by Crippen LogP contribution is -2.39. The molecule has 0 spiro atoms. The Morgan fingerprint density at radius 1 is 1.21 bits per heavy atom. The Morgan fingerprint density at radius 3 is 2.53 bits per heavy atom. The number of amides is 2. The molecule has 0 heterocycles. The molecule has 1 rings (SSSR count). The molecule has 19 heavy (non-hydrogen) atoms. The number of rotatable bonds is 6. The van der Waals surface area contributed by atoms with Gasteiger partial charge in [-0.15, -0.1) is 0 Å². The van der Waals surface area contributed by atoms with Crippen LogP contribution in [-0.4, -0.2) is 31.7 Å². The normalized spacial score (nSPS) is 9.79. The van der Waals surface area contributed by atoms with Gasteiger partial charge in [0.25, 0.3) is 0 Å².